The van der Waals surface area contributed by atoms with Gasteiger partial charge in [-0.15, -0.1) is 0 Å². The first-order valence-electron chi connectivity index (χ1n) is 10.9. The van der Waals surface area contributed by atoms with Crippen molar-refractivity contribution in [2.24, 2.45) is 0 Å². The van der Waals surface area contributed by atoms with Gasteiger partial charge < -0.3 is 15.2 Å². The van der Waals surface area contributed by atoms with Crippen molar-refractivity contribution >= 4 is 23.6 Å². The SMILES string of the molecule is CC(=O)O.N#C/C(=C/c1c(Oc2ccc(F)cc2)nc2ccccn2c1=O)C(=O)NCc1ccccc1. The van der Waals surface area contributed by atoms with Crippen molar-refractivity contribution in [3.8, 4) is 17.7 Å². The molecule has 0 fully saturated rings. The normalized spacial score (nSPS) is 10.6. The molecule has 0 saturated carbocycles. The van der Waals surface area contributed by atoms with E-state index in [4.69, 9.17) is 14.6 Å². The number of aliphatic carboxylic acids is 1. The fourth-order valence-electron chi connectivity index (χ4n) is 3.06. The van der Waals surface area contributed by atoms with Gasteiger partial charge in [-0.05, 0) is 48.0 Å². The Morgan fingerprint density at radius 2 is 1.76 bits per heavy atom. The minimum absolute atomic E-state index is 0.0885. The number of hydrogen-bond acceptors (Lipinski definition) is 6. The monoisotopic (exact) mass is 500 g/mol. The fraction of sp³-hybridized carbons (Fsp3) is 0.0741. The molecule has 0 aliphatic rings. The maximum absolute atomic E-state index is 13.3. The van der Waals surface area contributed by atoms with Gasteiger partial charge in [0, 0.05) is 19.7 Å². The van der Waals surface area contributed by atoms with E-state index < -0.39 is 23.3 Å². The van der Waals surface area contributed by atoms with Crippen LogP contribution in [0, 0.1) is 17.1 Å². The Bertz CT molecular complexity index is 1540. The van der Waals surface area contributed by atoms with E-state index in [9.17, 15) is 19.2 Å². The molecule has 37 heavy (non-hydrogen) atoms. The third kappa shape index (κ3) is 7.34. The summed E-state index contributed by atoms with van der Waals surface area (Å²) in [6, 6.07) is 21.2. The van der Waals surface area contributed by atoms with Crippen LogP contribution in [0.1, 0.15) is 18.1 Å². The first-order chi connectivity index (χ1) is 17.8. The number of fused-ring (bicyclic) bond motifs is 1. The van der Waals surface area contributed by atoms with Gasteiger partial charge in [0.05, 0.1) is 0 Å². The van der Waals surface area contributed by atoms with E-state index in [0.717, 1.165) is 18.6 Å². The van der Waals surface area contributed by atoms with Gasteiger partial charge in [0.2, 0.25) is 5.88 Å². The van der Waals surface area contributed by atoms with Crippen LogP contribution in [0.3, 0.4) is 0 Å². The fourth-order valence-corrected chi connectivity index (χ4v) is 3.06. The van der Waals surface area contributed by atoms with Crippen molar-refractivity contribution in [2.45, 2.75) is 13.5 Å². The minimum Gasteiger partial charge on any atom is -0.481 e. The number of rotatable bonds is 6. The number of nitrogens with one attached hydrogen (secondary N) is 1. The van der Waals surface area contributed by atoms with E-state index >= 15 is 0 Å². The number of halogens is 1. The summed E-state index contributed by atoms with van der Waals surface area (Å²) in [5.41, 5.74) is 0.264. The molecule has 4 aromatic rings. The quantitative estimate of drug-likeness (QED) is 0.303. The predicted octanol–water partition coefficient (Wildman–Crippen LogP) is 3.94. The number of nitriles is 1. The van der Waals surface area contributed by atoms with E-state index in [2.05, 4.69) is 10.3 Å². The Labute approximate surface area is 210 Å². The molecular formula is C27H21FN4O5. The van der Waals surface area contributed by atoms with Crippen molar-refractivity contribution < 1.29 is 23.8 Å². The Morgan fingerprint density at radius 1 is 1.11 bits per heavy atom. The average molecular weight is 500 g/mol. The maximum atomic E-state index is 13.3. The number of ether oxygens (including phenoxy) is 1. The highest BCUT2D eigenvalue weighted by Crippen LogP contribution is 2.24. The maximum Gasteiger partial charge on any atom is 0.300 e. The molecule has 2 N–H and O–H groups in total. The summed E-state index contributed by atoms with van der Waals surface area (Å²) in [4.78, 5) is 39.1. The number of carboxylic acid groups (broad SMARTS) is 1. The Morgan fingerprint density at radius 3 is 2.41 bits per heavy atom. The summed E-state index contributed by atoms with van der Waals surface area (Å²) in [5, 5.41) is 19.7. The lowest BCUT2D eigenvalue weighted by atomic mass is 10.1. The zero-order chi connectivity index (χ0) is 26.8. The molecule has 10 heteroatoms. The van der Waals surface area contributed by atoms with E-state index in [0.29, 0.717) is 5.65 Å². The van der Waals surface area contributed by atoms with Crippen LogP contribution in [0.15, 0.2) is 89.4 Å². The smallest absolute Gasteiger partial charge is 0.300 e. The van der Waals surface area contributed by atoms with Gasteiger partial charge in [0.15, 0.2) is 0 Å². The molecule has 2 heterocycles. The van der Waals surface area contributed by atoms with Crippen molar-refractivity contribution in [3.05, 3.63) is 112 Å². The molecule has 0 bridgehead atoms. The number of carbonyl (C=O) groups excluding carboxylic acids is 1. The van der Waals surface area contributed by atoms with Gasteiger partial charge in [-0.2, -0.15) is 10.2 Å². The largest absolute Gasteiger partial charge is 0.481 e. The van der Waals surface area contributed by atoms with Crippen LogP contribution in [0.25, 0.3) is 11.7 Å². The third-order valence-corrected chi connectivity index (χ3v) is 4.71. The Balaban J connectivity index is 0.000000886. The lowest BCUT2D eigenvalue weighted by molar-refractivity contribution is -0.134. The second-order valence-electron chi connectivity index (χ2n) is 7.48. The van der Waals surface area contributed by atoms with E-state index in [1.807, 2.05) is 36.4 Å². The second-order valence-corrected chi connectivity index (χ2v) is 7.48. The topological polar surface area (TPSA) is 134 Å². The number of carbonyl (C=O) groups is 2. The summed E-state index contributed by atoms with van der Waals surface area (Å²) >= 11 is 0. The molecule has 2 aromatic carbocycles. The molecule has 4 rings (SSSR count). The number of benzene rings is 2. The number of amides is 1. The van der Waals surface area contributed by atoms with Crippen LogP contribution in [-0.4, -0.2) is 26.4 Å². The van der Waals surface area contributed by atoms with Crippen molar-refractivity contribution in [1.29, 1.82) is 5.26 Å². The van der Waals surface area contributed by atoms with Crippen LogP contribution in [-0.2, 0) is 16.1 Å². The van der Waals surface area contributed by atoms with E-state index in [1.54, 1.807) is 18.2 Å². The van der Waals surface area contributed by atoms with Crippen LogP contribution in [0.5, 0.6) is 11.6 Å². The van der Waals surface area contributed by atoms with Gasteiger partial charge in [0.1, 0.15) is 34.4 Å². The van der Waals surface area contributed by atoms with Crippen LogP contribution < -0.4 is 15.6 Å². The highest BCUT2D eigenvalue weighted by molar-refractivity contribution is 6.01. The predicted molar refractivity (Wildman–Crippen MR) is 133 cm³/mol. The molecule has 0 unspecified atom stereocenters. The Kier molecular flexibility index (Phi) is 8.83. The molecule has 1 amide bonds. The third-order valence-electron chi connectivity index (χ3n) is 4.71. The molecular weight excluding hydrogens is 479 g/mol. The molecule has 0 aliphatic carbocycles. The lowest BCUT2D eigenvalue weighted by Gasteiger charge is -2.10. The second kappa shape index (κ2) is 12.4. The summed E-state index contributed by atoms with van der Waals surface area (Å²) in [6.07, 6.45) is 2.67. The van der Waals surface area contributed by atoms with Crippen LogP contribution in [0.4, 0.5) is 4.39 Å². The van der Waals surface area contributed by atoms with Crippen LogP contribution in [0.2, 0.25) is 0 Å². The van der Waals surface area contributed by atoms with Crippen molar-refractivity contribution in [3.63, 3.8) is 0 Å². The summed E-state index contributed by atoms with van der Waals surface area (Å²) in [7, 11) is 0. The van der Waals surface area contributed by atoms with Gasteiger partial charge in [0.25, 0.3) is 17.4 Å². The summed E-state index contributed by atoms with van der Waals surface area (Å²) < 4.78 is 20.3. The molecule has 0 saturated heterocycles. The number of nitrogens with zero attached hydrogens (tertiary/aromatic N) is 3. The average Bonchev–Trinajstić information content (AvgIpc) is 2.89. The number of hydrogen-bond donors (Lipinski definition) is 2. The molecule has 9 nitrogen and oxygen atoms in total. The number of aromatic nitrogens is 2. The van der Waals surface area contributed by atoms with Gasteiger partial charge in [-0.3, -0.25) is 18.8 Å². The number of carboxylic acids is 1. The first kappa shape index (κ1) is 26.3. The van der Waals surface area contributed by atoms with E-state index in [-0.39, 0.29) is 29.3 Å². The molecule has 0 spiro atoms. The van der Waals surface area contributed by atoms with Gasteiger partial charge in [-0.1, -0.05) is 36.4 Å². The van der Waals surface area contributed by atoms with Crippen molar-refractivity contribution in [1.82, 2.24) is 14.7 Å². The molecule has 0 radical (unpaired) electrons. The summed E-state index contributed by atoms with van der Waals surface area (Å²) in [5.74, 6) is -1.80. The summed E-state index contributed by atoms with van der Waals surface area (Å²) in [6.45, 7) is 1.30. The molecule has 186 valence electrons. The van der Waals surface area contributed by atoms with Crippen molar-refractivity contribution in [2.75, 3.05) is 0 Å². The Hall–Kier alpha value is -5.30. The molecule has 2 aromatic heterocycles. The number of pyridine rings is 1. The highest BCUT2D eigenvalue weighted by Gasteiger charge is 2.17. The zero-order valence-electron chi connectivity index (χ0n) is 19.6. The van der Waals surface area contributed by atoms with Gasteiger partial charge >= 0.3 is 0 Å². The molecule has 0 aliphatic heterocycles. The van der Waals surface area contributed by atoms with E-state index in [1.165, 1.54) is 34.9 Å². The van der Waals surface area contributed by atoms with Crippen LogP contribution >= 0.6 is 0 Å². The highest BCUT2D eigenvalue weighted by atomic mass is 19.1. The first-order valence-corrected chi connectivity index (χ1v) is 10.9. The minimum atomic E-state index is -0.833. The lowest BCUT2D eigenvalue weighted by Crippen LogP contribution is -2.25. The van der Waals surface area contributed by atoms with Gasteiger partial charge in [-0.25, -0.2) is 4.39 Å². The molecule has 0 atom stereocenters. The zero-order valence-corrected chi connectivity index (χ0v) is 19.6. The standard InChI is InChI=1S/C25H17FN4O3.C2H4O2/c26-19-9-11-20(12-10-19)33-24-21(25(32)30-13-5-4-8-22(30)29-24)14-18(15-27)23(31)28-16-17-6-2-1-3-7-17;1-2(3)4/h1-14H,16H2,(H,28,31);1H3,(H,3,4)/b18-14-;.